The summed E-state index contributed by atoms with van der Waals surface area (Å²) in [6, 6.07) is 0. The van der Waals surface area contributed by atoms with E-state index < -0.39 is 0 Å². The molecule has 0 amide bonds. The van der Waals surface area contributed by atoms with Crippen LogP contribution in [0.1, 0.15) is 6.42 Å². The van der Waals surface area contributed by atoms with Gasteiger partial charge < -0.3 is 15.0 Å². The number of fused-ring (bicyclic) bond motifs is 1. The molecule has 20 heavy (non-hydrogen) atoms. The molecule has 0 radical (unpaired) electrons. The van der Waals surface area contributed by atoms with Crippen molar-refractivity contribution in [2.75, 3.05) is 33.0 Å². The van der Waals surface area contributed by atoms with Crippen LogP contribution in [0.5, 0.6) is 0 Å². The van der Waals surface area contributed by atoms with E-state index in [9.17, 15) is 4.79 Å². The monoisotopic (exact) mass is 278 g/mol. The maximum absolute atomic E-state index is 11.1. The third kappa shape index (κ3) is 3.21. The third-order valence-corrected chi connectivity index (χ3v) is 3.00. The molecule has 2 N–H and O–H groups in total. The van der Waals surface area contributed by atoms with E-state index in [2.05, 4.69) is 19.7 Å². The highest BCUT2D eigenvalue weighted by Crippen LogP contribution is 2.14. The molecule has 0 fully saturated rings. The molecule has 0 aliphatic carbocycles. The standard InChI is InChI=1S/C12H18N6O2/c1-17(6-9(19)20-2)4-3-5-18-8-16-10-11(13)14-7-15-12(10)18/h7-8H,3-6H2,1-2H3,(H2,13,14,15). The number of nitrogens with two attached hydrogens (primary N) is 1. The number of aryl methyl sites for hydroxylation is 1. The predicted octanol–water partition coefficient (Wildman–Crippen LogP) is -0.0966. The van der Waals surface area contributed by atoms with Gasteiger partial charge in [0.05, 0.1) is 20.0 Å². The Balaban J connectivity index is 1.90. The molecule has 0 bridgehead atoms. The van der Waals surface area contributed by atoms with Gasteiger partial charge in [-0.1, -0.05) is 0 Å². The number of likely N-dealkylation sites (N-methyl/N-ethyl adjacent to an activating group) is 1. The van der Waals surface area contributed by atoms with Crippen LogP contribution in [0, 0.1) is 0 Å². The van der Waals surface area contributed by atoms with Gasteiger partial charge in [0, 0.05) is 13.1 Å². The van der Waals surface area contributed by atoms with Crippen molar-refractivity contribution < 1.29 is 9.53 Å². The van der Waals surface area contributed by atoms with Crippen LogP contribution in [0.4, 0.5) is 5.82 Å². The maximum Gasteiger partial charge on any atom is 0.319 e. The lowest BCUT2D eigenvalue weighted by Crippen LogP contribution is -2.28. The number of rotatable bonds is 6. The fourth-order valence-electron chi connectivity index (χ4n) is 1.94. The molecule has 0 saturated heterocycles. The van der Waals surface area contributed by atoms with Gasteiger partial charge in [-0.15, -0.1) is 0 Å². The van der Waals surface area contributed by atoms with Crippen LogP contribution < -0.4 is 5.73 Å². The van der Waals surface area contributed by atoms with Crippen LogP contribution in [0.25, 0.3) is 11.2 Å². The molecule has 0 aliphatic heterocycles. The molecule has 0 saturated carbocycles. The average molecular weight is 278 g/mol. The number of esters is 1. The van der Waals surface area contributed by atoms with Crippen molar-refractivity contribution in [1.29, 1.82) is 0 Å². The number of ether oxygens (including phenoxy) is 1. The van der Waals surface area contributed by atoms with E-state index >= 15 is 0 Å². The fourth-order valence-corrected chi connectivity index (χ4v) is 1.94. The van der Waals surface area contributed by atoms with Crippen LogP contribution in [0.15, 0.2) is 12.7 Å². The summed E-state index contributed by atoms with van der Waals surface area (Å²) in [6.45, 7) is 1.81. The van der Waals surface area contributed by atoms with Crippen LogP contribution in [0.2, 0.25) is 0 Å². The van der Waals surface area contributed by atoms with Gasteiger partial charge in [0.25, 0.3) is 0 Å². The maximum atomic E-state index is 11.1. The molecule has 8 nitrogen and oxygen atoms in total. The van der Waals surface area contributed by atoms with E-state index in [1.807, 2.05) is 16.5 Å². The molecular formula is C12H18N6O2. The van der Waals surface area contributed by atoms with E-state index in [1.54, 1.807) is 6.33 Å². The van der Waals surface area contributed by atoms with Crippen LogP contribution >= 0.6 is 0 Å². The molecule has 0 aromatic carbocycles. The highest BCUT2D eigenvalue weighted by molar-refractivity contribution is 5.81. The Morgan fingerprint density at radius 1 is 1.45 bits per heavy atom. The molecule has 0 spiro atoms. The Morgan fingerprint density at radius 3 is 3.00 bits per heavy atom. The Labute approximate surface area is 116 Å². The van der Waals surface area contributed by atoms with E-state index in [0.717, 1.165) is 25.2 Å². The normalized spacial score (nSPS) is 11.2. The smallest absolute Gasteiger partial charge is 0.319 e. The second kappa shape index (κ2) is 6.29. The number of nitrogens with zero attached hydrogens (tertiary/aromatic N) is 5. The molecule has 2 heterocycles. The van der Waals surface area contributed by atoms with Crippen molar-refractivity contribution in [2.45, 2.75) is 13.0 Å². The number of anilines is 1. The summed E-state index contributed by atoms with van der Waals surface area (Å²) in [5.74, 6) is 0.151. The lowest BCUT2D eigenvalue weighted by molar-refractivity contribution is -0.141. The zero-order valence-electron chi connectivity index (χ0n) is 11.6. The number of aromatic nitrogens is 4. The molecule has 108 valence electrons. The van der Waals surface area contributed by atoms with Crippen LogP contribution in [0.3, 0.4) is 0 Å². The highest BCUT2D eigenvalue weighted by atomic mass is 16.5. The summed E-state index contributed by atoms with van der Waals surface area (Å²) in [7, 11) is 3.26. The fraction of sp³-hybridized carbons (Fsp3) is 0.500. The molecule has 0 unspecified atom stereocenters. The third-order valence-electron chi connectivity index (χ3n) is 3.00. The number of carbonyl (C=O) groups excluding carboxylic acids is 1. The predicted molar refractivity (Wildman–Crippen MR) is 73.9 cm³/mol. The quantitative estimate of drug-likeness (QED) is 0.737. The summed E-state index contributed by atoms with van der Waals surface area (Å²) < 4.78 is 6.55. The summed E-state index contributed by atoms with van der Waals surface area (Å²) in [5.41, 5.74) is 7.08. The number of methoxy groups -OCH3 is 1. The number of imidazole rings is 1. The Morgan fingerprint density at radius 2 is 2.25 bits per heavy atom. The van der Waals surface area contributed by atoms with Gasteiger partial charge in [-0.2, -0.15) is 0 Å². The largest absolute Gasteiger partial charge is 0.468 e. The first-order chi connectivity index (χ1) is 9.61. The molecule has 0 aliphatic rings. The average Bonchev–Trinajstić information content (AvgIpc) is 2.83. The van der Waals surface area contributed by atoms with Gasteiger partial charge in [-0.3, -0.25) is 9.69 Å². The summed E-state index contributed by atoms with van der Waals surface area (Å²) in [4.78, 5) is 25.3. The van der Waals surface area contributed by atoms with Gasteiger partial charge in [-0.25, -0.2) is 15.0 Å². The van der Waals surface area contributed by atoms with E-state index in [4.69, 9.17) is 5.73 Å². The van der Waals surface area contributed by atoms with Crippen molar-refractivity contribution in [2.24, 2.45) is 0 Å². The zero-order chi connectivity index (χ0) is 14.5. The summed E-state index contributed by atoms with van der Waals surface area (Å²) in [5, 5.41) is 0. The summed E-state index contributed by atoms with van der Waals surface area (Å²) >= 11 is 0. The lowest BCUT2D eigenvalue weighted by atomic mass is 10.3. The first-order valence-electron chi connectivity index (χ1n) is 6.28. The number of carbonyl (C=O) groups is 1. The number of hydrogen-bond acceptors (Lipinski definition) is 7. The minimum Gasteiger partial charge on any atom is -0.468 e. The van der Waals surface area contributed by atoms with Crippen molar-refractivity contribution in [3.8, 4) is 0 Å². The van der Waals surface area contributed by atoms with Crippen molar-refractivity contribution in [1.82, 2.24) is 24.4 Å². The van der Waals surface area contributed by atoms with E-state index in [-0.39, 0.29) is 12.5 Å². The van der Waals surface area contributed by atoms with Crippen molar-refractivity contribution >= 4 is 23.0 Å². The molecule has 2 aromatic heterocycles. The lowest BCUT2D eigenvalue weighted by Gasteiger charge is -2.14. The van der Waals surface area contributed by atoms with Gasteiger partial charge >= 0.3 is 5.97 Å². The highest BCUT2D eigenvalue weighted by Gasteiger charge is 2.09. The molecule has 2 rings (SSSR count). The number of nitrogen functional groups attached to an aromatic ring is 1. The van der Waals surface area contributed by atoms with Gasteiger partial charge in [0.1, 0.15) is 11.8 Å². The zero-order valence-corrected chi connectivity index (χ0v) is 11.6. The van der Waals surface area contributed by atoms with Gasteiger partial charge in [0.15, 0.2) is 11.5 Å². The van der Waals surface area contributed by atoms with Crippen molar-refractivity contribution in [3.63, 3.8) is 0 Å². The second-order valence-electron chi connectivity index (χ2n) is 4.54. The number of hydrogen-bond donors (Lipinski definition) is 1. The first-order valence-corrected chi connectivity index (χ1v) is 6.28. The molecule has 2 aromatic rings. The summed E-state index contributed by atoms with van der Waals surface area (Å²) in [6.07, 6.45) is 4.00. The van der Waals surface area contributed by atoms with Gasteiger partial charge in [0.2, 0.25) is 0 Å². The minimum atomic E-state index is -0.235. The van der Waals surface area contributed by atoms with Gasteiger partial charge in [-0.05, 0) is 13.5 Å². The Hall–Kier alpha value is -2.22. The Kier molecular flexibility index (Phi) is 4.46. The second-order valence-corrected chi connectivity index (χ2v) is 4.54. The van der Waals surface area contributed by atoms with E-state index in [1.165, 1.54) is 13.4 Å². The van der Waals surface area contributed by atoms with Crippen LogP contribution in [-0.2, 0) is 16.1 Å². The van der Waals surface area contributed by atoms with E-state index in [0.29, 0.717) is 11.3 Å². The SMILES string of the molecule is COC(=O)CN(C)CCCn1cnc2c(N)ncnc21. The molecule has 0 atom stereocenters. The topological polar surface area (TPSA) is 99.2 Å². The van der Waals surface area contributed by atoms with Crippen molar-refractivity contribution in [3.05, 3.63) is 12.7 Å². The molecule has 8 heteroatoms. The van der Waals surface area contributed by atoms with Crippen LogP contribution in [-0.4, -0.2) is 57.6 Å². The molecular weight excluding hydrogens is 260 g/mol. The Bertz CT molecular complexity index is 597. The minimum absolute atomic E-state index is 0.235. The first kappa shape index (κ1) is 14.2.